The van der Waals surface area contributed by atoms with E-state index in [0.29, 0.717) is 24.2 Å². The Labute approximate surface area is 834 Å². The Morgan fingerprint density at radius 1 is 0.295 bits per heavy atom. The lowest BCUT2D eigenvalue weighted by atomic mass is 10.1. The van der Waals surface area contributed by atoms with E-state index in [1.54, 1.807) is 20.0 Å². The van der Waals surface area contributed by atoms with Crippen LogP contribution in [0, 0.1) is 40.8 Å². The third-order valence-corrected chi connectivity index (χ3v) is 19.4. The zero-order chi connectivity index (χ0) is 108. The molecule has 0 radical (unpaired) electrons. The molecule has 782 valence electrons. The Balaban J connectivity index is 0.000000155. The van der Waals surface area contributed by atoms with Crippen LogP contribution in [0.15, 0.2) is 176 Å². The minimum absolute atomic E-state index is 0.00115. The van der Waals surface area contributed by atoms with Crippen molar-refractivity contribution in [1.29, 1.82) is 0 Å². The van der Waals surface area contributed by atoms with E-state index in [2.05, 4.69) is 163 Å². The van der Waals surface area contributed by atoms with Gasteiger partial charge in [-0.05, 0) is 203 Å². The van der Waals surface area contributed by atoms with E-state index in [-0.39, 0.29) is 158 Å². The molecular formula is C95H90F21N33. The van der Waals surface area contributed by atoms with Crippen LogP contribution in [-0.2, 0) is 36.3 Å². The van der Waals surface area contributed by atoms with E-state index in [1.807, 2.05) is 59.3 Å². The molecule has 3 aromatic carbocycles. The fourth-order valence-corrected chi connectivity index (χ4v) is 12.7. The third kappa shape index (κ3) is 33.4. The summed E-state index contributed by atoms with van der Waals surface area (Å²) >= 11 is 0. The molecule has 0 unspecified atom stereocenters. The summed E-state index contributed by atoms with van der Waals surface area (Å²) in [4.78, 5) is 85.1. The average Bonchev–Trinajstić information content (AvgIpc) is 1.54. The van der Waals surface area contributed by atoms with Crippen molar-refractivity contribution in [2.45, 2.75) is 175 Å². The van der Waals surface area contributed by atoms with Gasteiger partial charge in [-0.15, -0.1) is 0 Å². The van der Waals surface area contributed by atoms with Crippen LogP contribution in [-0.4, -0.2) is 145 Å². The molecule has 15 aromatic rings. The molecule has 12 heterocycles. The van der Waals surface area contributed by atoms with Gasteiger partial charge >= 0.3 is 18.5 Å². The van der Waals surface area contributed by atoms with Crippen LogP contribution in [0.1, 0.15) is 149 Å². The zero-order valence-electron chi connectivity index (χ0n) is 80.4. The van der Waals surface area contributed by atoms with Gasteiger partial charge in [-0.3, -0.25) is 9.67 Å². The number of anilines is 15. The molecule has 149 heavy (non-hydrogen) atoms. The van der Waals surface area contributed by atoms with Crippen LogP contribution in [0.4, 0.5) is 180 Å². The number of hydrogen-bond donors (Lipinski definition) is 10. The number of nitrogens with zero attached hydrogens (tertiary/aromatic N) is 23. The molecule has 33 nitrogen and oxygen atoms in total. The standard InChI is InChI=1S/C20H18F4N6.C20H20F4N6.C19H18F4N6.C18H15F6N7.C18H19F3N8/c1-20(23,24)16-4-2-3-15(27-16)17-28-18(25-10-11-5-6-11)30-19(29-17)26-14-8-12(21)7-13(22)9-14;1-19(2,3)30-18-28-16(14-6-5-7-15(26-14)20(4,23)24)27-17(29-18)25-13-9-11(21)8-12(22)10-13;1-10(2)24-17-27-16(14-5-4-6-15(26-14)19(3,22)23)28-18(29-17)25-13-8-11(20)7-12(21)9-13;1-9(2)26-15-29-14(11-4-3-5-12(28-11)17(19,20)21)30-16(31-15)27-10-6-7-25-13(8-10)18(22,23)24;1-10(2)23-16-26-15(13-4-3-5-14(25-13)18(19,20)21)27-17(28-16)24-11-8-22-29(9-11)12-6-7-12/h2-4,7-9,11H,5-6,10H2,1H3,(H2,25,26,28,29,30);5-10H,1-4H3,(H2,25,27,28,29,30);4-10H,1-3H3,(H2,24,25,27,28,29);3-9H,1-2H3,(H2,25,26,27,29,30,31);3-5,8-10,12H,6-7H2,1-2H3,(H2,23,24,26,27,28). The Morgan fingerprint density at radius 3 is 0.879 bits per heavy atom. The van der Waals surface area contributed by atoms with E-state index < -0.39 is 111 Å². The second kappa shape index (κ2) is 46.0. The number of hydrogen-bond acceptors (Lipinski definition) is 32. The first-order valence-corrected chi connectivity index (χ1v) is 45.0. The zero-order valence-corrected chi connectivity index (χ0v) is 80.4. The molecule has 2 fully saturated rings. The summed E-state index contributed by atoms with van der Waals surface area (Å²) in [6, 6.07) is 30.1. The number of alkyl halides is 15. The summed E-state index contributed by atoms with van der Waals surface area (Å²) in [5.74, 6) is -12.9. The summed E-state index contributed by atoms with van der Waals surface area (Å²) in [5.41, 5.74) is -3.93. The molecular weight excluding hydrogens is 2000 g/mol. The van der Waals surface area contributed by atoms with E-state index in [1.165, 1.54) is 78.9 Å². The largest absolute Gasteiger partial charge is 0.433 e. The van der Waals surface area contributed by atoms with Gasteiger partial charge in [0.2, 0.25) is 59.5 Å². The molecule has 0 spiro atoms. The van der Waals surface area contributed by atoms with Crippen molar-refractivity contribution in [1.82, 2.24) is 114 Å². The highest BCUT2D eigenvalue weighted by Crippen LogP contribution is 2.39. The summed E-state index contributed by atoms with van der Waals surface area (Å²) < 4.78 is 282. The van der Waals surface area contributed by atoms with E-state index in [0.717, 1.165) is 132 Å². The van der Waals surface area contributed by atoms with E-state index >= 15 is 0 Å². The van der Waals surface area contributed by atoms with Gasteiger partial charge in [-0.25, -0.2) is 51.3 Å². The average molecular weight is 2090 g/mol. The highest BCUT2D eigenvalue weighted by Gasteiger charge is 2.38. The minimum atomic E-state index is -4.67. The maximum absolute atomic E-state index is 13.7. The second-order valence-corrected chi connectivity index (χ2v) is 35.3. The highest BCUT2D eigenvalue weighted by atomic mass is 19.4. The van der Waals surface area contributed by atoms with Gasteiger partial charge in [0.05, 0.1) is 17.9 Å². The van der Waals surface area contributed by atoms with Crippen LogP contribution in [0.2, 0.25) is 0 Å². The highest BCUT2D eigenvalue weighted by molar-refractivity contribution is 5.66. The van der Waals surface area contributed by atoms with Gasteiger partial charge in [-0.1, -0.05) is 30.3 Å². The van der Waals surface area contributed by atoms with E-state index in [9.17, 15) is 92.2 Å². The van der Waals surface area contributed by atoms with Gasteiger partial charge in [0.1, 0.15) is 97.5 Å². The first kappa shape index (κ1) is 110. The molecule has 54 heteroatoms. The number of aromatic nitrogens is 23. The first-order valence-electron chi connectivity index (χ1n) is 45.0. The minimum Gasteiger partial charge on any atom is -0.354 e. The van der Waals surface area contributed by atoms with Crippen LogP contribution in [0.5, 0.6) is 0 Å². The third-order valence-electron chi connectivity index (χ3n) is 19.4. The number of benzene rings is 3. The van der Waals surface area contributed by atoms with Crippen molar-refractivity contribution in [3.8, 4) is 57.6 Å². The van der Waals surface area contributed by atoms with Gasteiger partial charge in [0, 0.05) is 104 Å². The summed E-state index contributed by atoms with van der Waals surface area (Å²) in [6.45, 7) is 19.6. The fraction of sp³-hybridized carbons (Fsp3) is 0.305. The van der Waals surface area contributed by atoms with Crippen molar-refractivity contribution in [2.24, 2.45) is 5.92 Å². The number of rotatable bonds is 29. The maximum atomic E-state index is 13.7. The summed E-state index contributed by atoms with van der Waals surface area (Å²) in [5, 5.41) is 33.1. The van der Waals surface area contributed by atoms with Gasteiger partial charge < -0.3 is 53.2 Å². The molecule has 0 atom stereocenters. The Hall–Kier alpha value is -16.7. The lowest BCUT2D eigenvalue weighted by molar-refractivity contribution is -0.141. The molecule has 0 aliphatic heterocycles. The SMILES string of the molecule is CC(C)(C)Nc1nc(Nc2cc(F)cc(F)c2)nc(-c2cccc(C(C)(F)F)n2)n1.CC(C)Nc1nc(Nc2cc(F)cc(F)c2)nc(-c2cccc(C(C)(F)F)n2)n1.CC(C)Nc1nc(Nc2ccnc(C(F)(F)F)c2)nc(-c2cccc(C(F)(F)F)n2)n1.CC(C)Nc1nc(Nc2cnn(C3CC3)c2)nc(-c2cccc(C(F)(F)F)n2)n1.CC(F)(F)c1cccc(-c2nc(NCC3CC3)nc(Nc3cc(F)cc(F)c3)n2)n1. The predicted molar refractivity (Wildman–Crippen MR) is 510 cm³/mol. The fourth-order valence-electron chi connectivity index (χ4n) is 12.7. The Bertz CT molecular complexity index is 7110. The van der Waals surface area contributed by atoms with Gasteiger partial charge in [-0.2, -0.15) is 146 Å². The number of nitrogens with one attached hydrogen (secondary N) is 10. The maximum Gasteiger partial charge on any atom is 0.433 e. The molecule has 0 saturated heterocycles. The van der Waals surface area contributed by atoms with Crippen LogP contribution >= 0.6 is 0 Å². The number of pyridine rings is 6. The number of halogens is 21. The Morgan fingerprint density at radius 2 is 0.577 bits per heavy atom. The van der Waals surface area contributed by atoms with Crippen molar-refractivity contribution in [3.05, 3.63) is 245 Å². The quantitative estimate of drug-likeness (QED) is 0.0195. The van der Waals surface area contributed by atoms with Crippen molar-refractivity contribution >= 4 is 87.9 Å². The van der Waals surface area contributed by atoms with Gasteiger partial charge in [0.15, 0.2) is 29.1 Å². The van der Waals surface area contributed by atoms with Gasteiger partial charge in [0.25, 0.3) is 17.8 Å². The molecule has 2 saturated carbocycles. The van der Waals surface area contributed by atoms with Crippen molar-refractivity contribution in [3.63, 3.8) is 0 Å². The molecule has 10 N–H and O–H groups in total. The predicted octanol–water partition coefficient (Wildman–Crippen LogP) is 24.0. The van der Waals surface area contributed by atoms with Crippen molar-refractivity contribution < 1.29 is 92.2 Å². The smallest absolute Gasteiger partial charge is 0.354 e. The lowest BCUT2D eigenvalue weighted by Gasteiger charge is -2.21. The summed E-state index contributed by atoms with van der Waals surface area (Å²) in [6.07, 6.45) is -5.03. The first-order chi connectivity index (χ1) is 69.9. The molecule has 2 aliphatic carbocycles. The van der Waals surface area contributed by atoms with Crippen LogP contribution < -0.4 is 53.2 Å². The molecule has 0 bridgehead atoms. The molecule has 12 aromatic heterocycles. The van der Waals surface area contributed by atoms with E-state index in [4.69, 9.17) is 0 Å². The molecule has 17 rings (SSSR count). The van der Waals surface area contributed by atoms with Crippen molar-refractivity contribution in [2.75, 3.05) is 59.7 Å². The molecule has 2 aliphatic rings. The topological polar surface area (TPSA) is 409 Å². The summed E-state index contributed by atoms with van der Waals surface area (Å²) in [7, 11) is 0. The lowest BCUT2D eigenvalue weighted by Crippen LogP contribution is -2.27. The van der Waals surface area contributed by atoms with Crippen LogP contribution in [0.25, 0.3) is 57.6 Å². The normalized spacial score (nSPS) is 12.8. The second-order valence-electron chi connectivity index (χ2n) is 35.3. The Kier molecular flexibility index (Phi) is 33.8. The van der Waals surface area contributed by atoms with Crippen LogP contribution in [0.3, 0.4) is 0 Å². The monoisotopic (exact) mass is 2090 g/mol. The molecule has 0 amide bonds.